The summed E-state index contributed by atoms with van der Waals surface area (Å²) < 4.78 is 0. The number of carbonyl (C=O) groups is 2. The zero-order chi connectivity index (χ0) is 19.6. The summed E-state index contributed by atoms with van der Waals surface area (Å²) in [6.07, 6.45) is 1.21. The van der Waals surface area contributed by atoms with Crippen LogP contribution in [0.1, 0.15) is 24.8 Å². The molecule has 150 valence electrons. The monoisotopic (exact) mass is 394 g/mol. The van der Waals surface area contributed by atoms with Crippen molar-refractivity contribution in [1.82, 2.24) is 10.2 Å². The molecule has 6 N–H and O–H groups in total. The number of hydrogen-bond donors (Lipinski definition) is 4. The van der Waals surface area contributed by atoms with Gasteiger partial charge in [0.2, 0.25) is 11.8 Å². The van der Waals surface area contributed by atoms with Gasteiger partial charge in [-0.25, -0.2) is 0 Å². The van der Waals surface area contributed by atoms with Gasteiger partial charge in [-0.2, -0.15) is 0 Å². The third kappa shape index (κ3) is 7.14. The Morgan fingerprint density at radius 3 is 2.63 bits per heavy atom. The van der Waals surface area contributed by atoms with Gasteiger partial charge in [-0.3, -0.25) is 9.59 Å². The minimum absolute atomic E-state index is 0.00587. The van der Waals surface area contributed by atoms with E-state index in [1.54, 1.807) is 16.7 Å². The molecule has 8 heteroatoms. The van der Waals surface area contributed by atoms with E-state index in [-0.39, 0.29) is 5.91 Å². The zero-order valence-corrected chi connectivity index (χ0v) is 16.4. The summed E-state index contributed by atoms with van der Waals surface area (Å²) in [5.41, 5.74) is 12.9. The van der Waals surface area contributed by atoms with E-state index in [9.17, 15) is 14.7 Å². The lowest BCUT2D eigenvalue weighted by molar-refractivity contribution is -0.131. The van der Waals surface area contributed by atoms with Crippen LogP contribution >= 0.6 is 11.8 Å². The van der Waals surface area contributed by atoms with Gasteiger partial charge >= 0.3 is 0 Å². The van der Waals surface area contributed by atoms with E-state index >= 15 is 0 Å². The molecular formula is C19H30N4O3S. The number of benzene rings is 1. The van der Waals surface area contributed by atoms with Crippen molar-refractivity contribution in [3.8, 4) is 0 Å². The summed E-state index contributed by atoms with van der Waals surface area (Å²) in [6.45, 7) is 1.20. The highest BCUT2D eigenvalue weighted by Gasteiger charge is 2.24. The van der Waals surface area contributed by atoms with Gasteiger partial charge in [-0.1, -0.05) is 30.3 Å². The second kappa shape index (κ2) is 11.3. The standard InChI is InChI=1S/C19H30N4O3S/c20-15(19(26)23-10-11-27-13-23)8-4-5-9-22-18(25)17(24)16(21)12-14-6-2-1-3-7-14/h1-3,6-7,15-17,24H,4-5,8-13,20-21H2,(H,22,25)/t15-,16+,17+/m0/s1. The van der Waals surface area contributed by atoms with Gasteiger partial charge in [0.05, 0.1) is 11.9 Å². The Morgan fingerprint density at radius 1 is 1.22 bits per heavy atom. The summed E-state index contributed by atoms with van der Waals surface area (Å²) in [7, 11) is 0. The molecule has 3 atom stereocenters. The predicted molar refractivity (Wildman–Crippen MR) is 108 cm³/mol. The lowest BCUT2D eigenvalue weighted by Crippen LogP contribution is -2.47. The molecule has 0 saturated carbocycles. The van der Waals surface area contributed by atoms with Crippen molar-refractivity contribution in [2.24, 2.45) is 11.5 Å². The van der Waals surface area contributed by atoms with Crippen LogP contribution < -0.4 is 16.8 Å². The third-order valence-corrected chi connectivity index (χ3v) is 5.58. The van der Waals surface area contributed by atoms with Crippen LogP contribution in [0.25, 0.3) is 0 Å². The van der Waals surface area contributed by atoms with E-state index in [1.165, 1.54) is 0 Å². The van der Waals surface area contributed by atoms with Gasteiger partial charge in [0.15, 0.2) is 0 Å². The highest BCUT2D eigenvalue weighted by atomic mass is 32.2. The van der Waals surface area contributed by atoms with E-state index in [1.807, 2.05) is 30.3 Å². The Balaban J connectivity index is 1.60. The van der Waals surface area contributed by atoms with Crippen LogP contribution in [0.15, 0.2) is 30.3 Å². The molecule has 1 saturated heterocycles. The Bertz CT molecular complexity index is 596. The molecule has 0 aromatic heterocycles. The van der Waals surface area contributed by atoms with Crippen LogP contribution in [0.5, 0.6) is 0 Å². The van der Waals surface area contributed by atoms with Crippen LogP contribution in [0, 0.1) is 0 Å². The normalized spacial score (nSPS) is 17.4. The molecule has 1 aliphatic rings. The second-order valence-corrected chi connectivity index (χ2v) is 7.91. The molecule has 0 spiro atoms. The van der Waals surface area contributed by atoms with Crippen LogP contribution in [-0.2, 0) is 16.0 Å². The number of rotatable bonds is 10. The molecule has 0 unspecified atom stereocenters. The number of nitrogens with two attached hydrogens (primary N) is 2. The number of thioether (sulfide) groups is 1. The maximum Gasteiger partial charge on any atom is 0.250 e. The Kier molecular flexibility index (Phi) is 9.06. The molecule has 0 radical (unpaired) electrons. The summed E-state index contributed by atoms with van der Waals surface area (Å²) in [5.74, 6) is 1.24. The highest BCUT2D eigenvalue weighted by molar-refractivity contribution is 7.99. The molecule has 1 aromatic rings. The summed E-state index contributed by atoms with van der Waals surface area (Å²) in [6, 6.07) is 8.38. The van der Waals surface area contributed by atoms with E-state index in [4.69, 9.17) is 11.5 Å². The molecule has 0 bridgehead atoms. The average Bonchev–Trinajstić information content (AvgIpc) is 3.21. The molecule has 2 rings (SSSR count). The van der Waals surface area contributed by atoms with Crippen molar-refractivity contribution in [2.75, 3.05) is 24.7 Å². The van der Waals surface area contributed by atoms with Gasteiger partial charge in [-0.15, -0.1) is 11.8 Å². The third-order valence-electron chi connectivity index (χ3n) is 4.61. The van der Waals surface area contributed by atoms with Gasteiger partial charge in [0.25, 0.3) is 0 Å². The van der Waals surface area contributed by atoms with Crippen LogP contribution in [0.4, 0.5) is 0 Å². The fourth-order valence-corrected chi connectivity index (χ4v) is 3.90. The van der Waals surface area contributed by atoms with Crippen LogP contribution in [-0.4, -0.2) is 64.7 Å². The number of carbonyl (C=O) groups excluding carboxylic acids is 2. The summed E-state index contributed by atoms with van der Waals surface area (Å²) in [4.78, 5) is 25.9. The van der Waals surface area contributed by atoms with Crippen molar-refractivity contribution < 1.29 is 14.7 Å². The number of hydrogen-bond acceptors (Lipinski definition) is 6. The molecule has 1 aromatic carbocycles. The summed E-state index contributed by atoms with van der Waals surface area (Å²) >= 11 is 1.74. The van der Waals surface area contributed by atoms with E-state index < -0.39 is 24.1 Å². The van der Waals surface area contributed by atoms with Gasteiger partial charge in [0, 0.05) is 24.9 Å². The molecule has 1 aliphatic heterocycles. The maximum absolute atomic E-state index is 12.1. The Labute approximate surface area is 164 Å². The number of aliphatic hydroxyl groups is 1. The van der Waals surface area contributed by atoms with Crippen molar-refractivity contribution in [2.45, 2.75) is 43.9 Å². The minimum atomic E-state index is -1.25. The molecule has 1 fully saturated rings. The predicted octanol–water partition coefficient (Wildman–Crippen LogP) is 0.0640. The summed E-state index contributed by atoms with van der Waals surface area (Å²) in [5, 5.41) is 12.8. The van der Waals surface area contributed by atoms with Crippen LogP contribution in [0.3, 0.4) is 0 Å². The average molecular weight is 395 g/mol. The first-order valence-electron chi connectivity index (χ1n) is 9.36. The second-order valence-electron chi connectivity index (χ2n) is 6.83. The lowest BCUT2D eigenvalue weighted by Gasteiger charge is -2.20. The molecule has 27 heavy (non-hydrogen) atoms. The fourth-order valence-electron chi connectivity index (χ4n) is 2.94. The van der Waals surface area contributed by atoms with Crippen molar-refractivity contribution in [3.05, 3.63) is 35.9 Å². The van der Waals surface area contributed by atoms with Crippen molar-refractivity contribution in [3.63, 3.8) is 0 Å². The Morgan fingerprint density at radius 2 is 1.96 bits per heavy atom. The molecule has 1 heterocycles. The number of unbranched alkanes of at least 4 members (excludes halogenated alkanes) is 1. The van der Waals surface area contributed by atoms with Gasteiger partial charge in [0.1, 0.15) is 6.10 Å². The minimum Gasteiger partial charge on any atom is -0.382 e. The molecule has 2 amide bonds. The SMILES string of the molecule is N[C@H](Cc1ccccc1)[C@@H](O)C(=O)NCCCC[C@H](N)C(=O)N1CCSC1. The number of nitrogens with one attached hydrogen (secondary N) is 1. The lowest BCUT2D eigenvalue weighted by atomic mass is 10.0. The number of nitrogens with zero attached hydrogens (tertiary/aromatic N) is 1. The smallest absolute Gasteiger partial charge is 0.250 e. The van der Waals surface area contributed by atoms with Crippen LogP contribution in [0.2, 0.25) is 0 Å². The van der Waals surface area contributed by atoms with E-state index in [0.29, 0.717) is 25.8 Å². The topological polar surface area (TPSA) is 122 Å². The Hall–Kier alpha value is -1.61. The van der Waals surface area contributed by atoms with Gasteiger partial charge < -0.3 is 26.8 Å². The fraction of sp³-hybridized carbons (Fsp3) is 0.579. The zero-order valence-electron chi connectivity index (χ0n) is 15.5. The van der Waals surface area contributed by atoms with E-state index in [0.717, 1.165) is 30.2 Å². The largest absolute Gasteiger partial charge is 0.382 e. The molecule has 0 aliphatic carbocycles. The van der Waals surface area contributed by atoms with Crippen molar-refractivity contribution in [1.29, 1.82) is 0 Å². The molecule has 7 nitrogen and oxygen atoms in total. The number of aliphatic hydroxyl groups excluding tert-OH is 1. The first-order valence-corrected chi connectivity index (χ1v) is 10.5. The first kappa shape index (κ1) is 21.7. The maximum atomic E-state index is 12.1. The van der Waals surface area contributed by atoms with Crippen molar-refractivity contribution >= 4 is 23.6 Å². The molecular weight excluding hydrogens is 364 g/mol. The number of amides is 2. The quantitative estimate of drug-likeness (QED) is 0.417. The van der Waals surface area contributed by atoms with E-state index in [2.05, 4.69) is 5.32 Å². The highest BCUT2D eigenvalue weighted by Crippen LogP contribution is 2.15. The first-order chi connectivity index (χ1) is 13.0. The van der Waals surface area contributed by atoms with Gasteiger partial charge in [-0.05, 0) is 31.2 Å².